The number of fused-ring (bicyclic) bond motifs is 1. The standard InChI is InChI=1S/C14H9BrN4/c1-9-2-3-10(6-17-9)12-4-11(5-16)14-18-7-13(15)19(14)8-12/h2-4,6-8H,1H3. The summed E-state index contributed by atoms with van der Waals surface area (Å²) >= 11 is 3.42. The van der Waals surface area contributed by atoms with Gasteiger partial charge in [-0.2, -0.15) is 5.26 Å². The average molecular weight is 313 g/mol. The van der Waals surface area contributed by atoms with E-state index in [1.807, 2.05) is 41.9 Å². The number of hydrogen-bond acceptors (Lipinski definition) is 3. The van der Waals surface area contributed by atoms with Crippen molar-refractivity contribution in [3.05, 3.63) is 52.7 Å². The molecule has 3 aromatic heterocycles. The van der Waals surface area contributed by atoms with Gasteiger partial charge in [0, 0.05) is 29.2 Å². The number of halogens is 1. The van der Waals surface area contributed by atoms with Crippen LogP contribution in [0.2, 0.25) is 0 Å². The molecule has 3 aromatic rings. The summed E-state index contributed by atoms with van der Waals surface area (Å²) in [7, 11) is 0. The number of aromatic nitrogens is 3. The molecular weight excluding hydrogens is 304 g/mol. The molecule has 3 heterocycles. The van der Waals surface area contributed by atoms with E-state index in [4.69, 9.17) is 0 Å². The smallest absolute Gasteiger partial charge is 0.155 e. The molecule has 4 nitrogen and oxygen atoms in total. The van der Waals surface area contributed by atoms with Crippen molar-refractivity contribution in [3.8, 4) is 17.2 Å². The van der Waals surface area contributed by atoms with Gasteiger partial charge in [0.25, 0.3) is 0 Å². The first-order valence-corrected chi connectivity index (χ1v) is 6.48. The second-order valence-electron chi connectivity index (χ2n) is 4.22. The molecule has 0 aromatic carbocycles. The van der Waals surface area contributed by atoms with E-state index in [0.29, 0.717) is 11.2 Å². The van der Waals surface area contributed by atoms with Crippen molar-refractivity contribution in [2.24, 2.45) is 0 Å². The largest absolute Gasteiger partial charge is 0.292 e. The Labute approximate surface area is 118 Å². The van der Waals surface area contributed by atoms with Gasteiger partial charge in [0.15, 0.2) is 5.65 Å². The molecule has 0 fully saturated rings. The van der Waals surface area contributed by atoms with Crippen molar-refractivity contribution in [1.29, 1.82) is 5.26 Å². The number of pyridine rings is 2. The molecule has 0 saturated carbocycles. The van der Waals surface area contributed by atoms with Crippen LogP contribution in [0.25, 0.3) is 16.8 Å². The van der Waals surface area contributed by atoms with Gasteiger partial charge in [-0.1, -0.05) is 6.07 Å². The molecule has 0 bridgehead atoms. The highest BCUT2D eigenvalue weighted by Gasteiger charge is 2.09. The zero-order chi connectivity index (χ0) is 13.4. The van der Waals surface area contributed by atoms with Gasteiger partial charge in [0.05, 0.1) is 11.8 Å². The SMILES string of the molecule is Cc1ccc(-c2cc(C#N)c3ncc(Br)n3c2)cn1. The minimum Gasteiger partial charge on any atom is -0.292 e. The molecule has 3 rings (SSSR count). The molecule has 92 valence electrons. The van der Waals surface area contributed by atoms with Crippen LogP contribution in [0.5, 0.6) is 0 Å². The van der Waals surface area contributed by atoms with Crippen LogP contribution in [0.15, 0.2) is 41.4 Å². The van der Waals surface area contributed by atoms with E-state index in [0.717, 1.165) is 21.4 Å². The first-order chi connectivity index (χ1) is 9.19. The Hall–Kier alpha value is -2.19. The quantitative estimate of drug-likeness (QED) is 0.692. The Bertz CT molecular complexity index is 797. The van der Waals surface area contributed by atoms with Gasteiger partial charge in [-0.3, -0.25) is 9.38 Å². The molecular formula is C14H9BrN4. The third kappa shape index (κ3) is 2.00. The molecule has 0 aliphatic heterocycles. The first kappa shape index (κ1) is 11.9. The Kier molecular flexibility index (Phi) is 2.80. The zero-order valence-electron chi connectivity index (χ0n) is 10.1. The van der Waals surface area contributed by atoms with Gasteiger partial charge < -0.3 is 0 Å². The molecule has 0 atom stereocenters. The Morgan fingerprint density at radius 3 is 2.74 bits per heavy atom. The lowest BCUT2D eigenvalue weighted by Gasteiger charge is -2.05. The lowest BCUT2D eigenvalue weighted by Crippen LogP contribution is -1.92. The second-order valence-corrected chi connectivity index (χ2v) is 5.03. The maximum absolute atomic E-state index is 9.23. The monoisotopic (exact) mass is 312 g/mol. The molecule has 0 spiro atoms. The number of nitriles is 1. The van der Waals surface area contributed by atoms with Gasteiger partial charge in [0.1, 0.15) is 10.7 Å². The van der Waals surface area contributed by atoms with E-state index < -0.39 is 0 Å². The van der Waals surface area contributed by atoms with Crippen LogP contribution in [0, 0.1) is 18.3 Å². The maximum Gasteiger partial charge on any atom is 0.155 e. The van der Waals surface area contributed by atoms with Crippen molar-refractivity contribution in [2.45, 2.75) is 6.92 Å². The molecule has 0 amide bonds. The number of nitrogens with zero attached hydrogens (tertiary/aromatic N) is 4. The number of aryl methyl sites for hydroxylation is 1. The van der Waals surface area contributed by atoms with Crippen LogP contribution in [0.3, 0.4) is 0 Å². The predicted molar refractivity (Wildman–Crippen MR) is 75.6 cm³/mol. The Morgan fingerprint density at radius 2 is 2.05 bits per heavy atom. The van der Waals surface area contributed by atoms with E-state index >= 15 is 0 Å². The Morgan fingerprint density at radius 1 is 1.21 bits per heavy atom. The fraction of sp³-hybridized carbons (Fsp3) is 0.0714. The summed E-state index contributed by atoms with van der Waals surface area (Å²) < 4.78 is 2.68. The van der Waals surface area contributed by atoms with E-state index in [-0.39, 0.29) is 0 Å². The summed E-state index contributed by atoms with van der Waals surface area (Å²) in [5.74, 6) is 0. The highest BCUT2D eigenvalue weighted by molar-refractivity contribution is 9.10. The van der Waals surface area contributed by atoms with Crippen LogP contribution in [0.1, 0.15) is 11.3 Å². The second kappa shape index (κ2) is 4.48. The Balaban J connectivity index is 2.27. The first-order valence-electron chi connectivity index (χ1n) is 5.69. The third-order valence-corrected chi connectivity index (χ3v) is 3.51. The average Bonchev–Trinajstić information content (AvgIpc) is 2.80. The minimum absolute atomic E-state index is 0.545. The molecule has 0 radical (unpaired) electrons. The molecule has 0 unspecified atom stereocenters. The van der Waals surface area contributed by atoms with Crippen LogP contribution >= 0.6 is 15.9 Å². The van der Waals surface area contributed by atoms with Crippen LogP contribution < -0.4 is 0 Å². The normalized spacial score (nSPS) is 10.6. The van der Waals surface area contributed by atoms with Crippen molar-refractivity contribution < 1.29 is 0 Å². The molecule has 0 N–H and O–H groups in total. The lowest BCUT2D eigenvalue weighted by molar-refractivity contribution is 1.14. The molecule has 0 aliphatic carbocycles. The van der Waals surface area contributed by atoms with Crippen molar-refractivity contribution in [3.63, 3.8) is 0 Å². The minimum atomic E-state index is 0.545. The molecule has 19 heavy (non-hydrogen) atoms. The topological polar surface area (TPSA) is 54.0 Å². The van der Waals surface area contributed by atoms with Crippen molar-refractivity contribution in [1.82, 2.24) is 14.4 Å². The summed E-state index contributed by atoms with van der Waals surface area (Å²) in [6, 6.07) is 7.96. The van der Waals surface area contributed by atoms with Gasteiger partial charge >= 0.3 is 0 Å². The van der Waals surface area contributed by atoms with Crippen LogP contribution in [0.4, 0.5) is 0 Å². The fourth-order valence-corrected chi connectivity index (χ4v) is 2.31. The molecule has 0 saturated heterocycles. The number of hydrogen-bond donors (Lipinski definition) is 0. The lowest BCUT2D eigenvalue weighted by atomic mass is 10.1. The summed E-state index contributed by atoms with van der Waals surface area (Å²) in [4.78, 5) is 8.50. The van der Waals surface area contributed by atoms with Gasteiger partial charge in [-0.05, 0) is 35.0 Å². The summed E-state index contributed by atoms with van der Waals surface area (Å²) in [5, 5.41) is 9.23. The van der Waals surface area contributed by atoms with Gasteiger partial charge in [-0.15, -0.1) is 0 Å². The highest BCUT2D eigenvalue weighted by atomic mass is 79.9. The summed E-state index contributed by atoms with van der Waals surface area (Å²) in [6.45, 7) is 1.94. The summed E-state index contributed by atoms with van der Waals surface area (Å²) in [5.41, 5.74) is 4.08. The van der Waals surface area contributed by atoms with Crippen LogP contribution in [-0.4, -0.2) is 14.4 Å². The number of imidazole rings is 1. The van der Waals surface area contributed by atoms with Gasteiger partial charge in [-0.25, -0.2) is 4.98 Å². The summed E-state index contributed by atoms with van der Waals surface area (Å²) in [6.07, 6.45) is 5.44. The van der Waals surface area contributed by atoms with Crippen molar-refractivity contribution in [2.75, 3.05) is 0 Å². The van der Waals surface area contributed by atoms with E-state index in [1.54, 1.807) is 6.20 Å². The van der Waals surface area contributed by atoms with Gasteiger partial charge in [0.2, 0.25) is 0 Å². The zero-order valence-corrected chi connectivity index (χ0v) is 11.7. The fourth-order valence-electron chi connectivity index (χ4n) is 1.94. The van der Waals surface area contributed by atoms with E-state index in [2.05, 4.69) is 32.0 Å². The number of rotatable bonds is 1. The third-order valence-electron chi connectivity index (χ3n) is 2.93. The van der Waals surface area contributed by atoms with E-state index in [1.165, 1.54) is 0 Å². The molecule has 0 aliphatic rings. The highest BCUT2D eigenvalue weighted by Crippen LogP contribution is 2.24. The van der Waals surface area contributed by atoms with Crippen molar-refractivity contribution >= 4 is 21.6 Å². The molecule has 5 heteroatoms. The predicted octanol–water partition coefficient (Wildman–Crippen LogP) is 3.34. The van der Waals surface area contributed by atoms with E-state index in [9.17, 15) is 5.26 Å². The maximum atomic E-state index is 9.23. The van der Waals surface area contributed by atoms with Crippen LogP contribution in [-0.2, 0) is 0 Å².